The number of carbonyl (C=O) groups excluding carboxylic acids is 1. The number of nitrogens with zero attached hydrogens (tertiary/aromatic N) is 1. The second-order valence-corrected chi connectivity index (χ2v) is 7.90. The quantitative estimate of drug-likeness (QED) is 0.375. The molecule has 0 saturated carbocycles. The van der Waals surface area contributed by atoms with Crippen LogP contribution < -0.4 is 10.6 Å². The smallest absolute Gasteiger partial charge is 0.256 e. The first-order valence-corrected chi connectivity index (χ1v) is 10.3. The topological polar surface area (TPSA) is 54.0 Å². The number of aryl methyl sites for hydroxylation is 1. The van der Waals surface area contributed by atoms with Crippen LogP contribution in [0.25, 0.3) is 11.3 Å². The van der Waals surface area contributed by atoms with E-state index in [1.165, 1.54) is 11.3 Å². The summed E-state index contributed by atoms with van der Waals surface area (Å²) < 4.78 is 0. The molecule has 0 spiro atoms. The first-order chi connectivity index (χ1) is 14.1. The van der Waals surface area contributed by atoms with Crippen molar-refractivity contribution in [3.05, 3.63) is 95.0 Å². The maximum Gasteiger partial charge on any atom is 0.256 e. The van der Waals surface area contributed by atoms with E-state index in [1.807, 2.05) is 61.5 Å². The fraction of sp³-hybridized carbons (Fsp3) is 0.0435. The van der Waals surface area contributed by atoms with E-state index in [4.69, 9.17) is 16.6 Å². The number of hydrogen-bond donors (Lipinski definition) is 2. The molecule has 1 heterocycles. The fourth-order valence-electron chi connectivity index (χ4n) is 2.85. The summed E-state index contributed by atoms with van der Waals surface area (Å²) in [5, 5.41) is 8.35. The van der Waals surface area contributed by atoms with E-state index in [2.05, 4.69) is 10.6 Å². The summed E-state index contributed by atoms with van der Waals surface area (Å²) in [6.07, 6.45) is 0. The van der Waals surface area contributed by atoms with Gasteiger partial charge in [0.1, 0.15) is 10.7 Å². The Morgan fingerprint density at radius 3 is 2.34 bits per heavy atom. The number of carbonyl (C=O) groups is 1. The van der Waals surface area contributed by atoms with Crippen LogP contribution in [0.15, 0.2) is 78.9 Å². The van der Waals surface area contributed by atoms with Crippen molar-refractivity contribution in [2.75, 3.05) is 10.6 Å². The Balaban J connectivity index is 1.67. The van der Waals surface area contributed by atoms with Crippen molar-refractivity contribution in [1.29, 1.82) is 0 Å². The second-order valence-electron chi connectivity index (χ2n) is 6.46. The van der Waals surface area contributed by atoms with Gasteiger partial charge in [0.2, 0.25) is 0 Å². The highest BCUT2D eigenvalue weighted by Gasteiger charge is 2.17. The van der Waals surface area contributed by atoms with Crippen LogP contribution in [0.5, 0.6) is 0 Å². The van der Waals surface area contributed by atoms with Crippen molar-refractivity contribution >= 4 is 44.7 Å². The van der Waals surface area contributed by atoms with E-state index >= 15 is 0 Å². The molecule has 4 nitrogen and oxygen atoms in total. The molecule has 0 aliphatic carbocycles. The number of amides is 1. The molecule has 2 N–H and O–H groups in total. The molecule has 6 heteroatoms. The number of nitrogens with one attached hydrogen (secondary N) is 2. The number of thiazole rings is 1. The first kappa shape index (κ1) is 19.2. The summed E-state index contributed by atoms with van der Waals surface area (Å²) >= 11 is 7.33. The van der Waals surface area contributed by atoms with Crippen LogP contribution in [0.4, 0.5) is 15.8 Å². The summed E-state index contributed by atoms with van der Waals surface area (Å²) in [6.45, 7) is 2.04. The maximum absolute atomic E-state index is 12.7. The second kappa shape index (κ2) is 8.47. The van der Waals surface area contributed by atoms with Gasteiger partial charge in [-0.1, -0.05) is 71.5 Å². The van der Waals surface area contributed by atoms with Gasteiger partial charge >= 0.3 is 0 Å². The number of hydrogen-bond acceptors (Lipinski definition) is 4. The summed E-state index contributed by atoms with van der Waals surface area (Å²) in [5.41, 5.74) is 4.31. The Kier molecular flexibility index (Phi) is 5.60. The minimum absolute atomic E-state index is 0.204. The number of anilines is 3. The van der Waals surface area contributed by atoms with Crippen LogP contribution >= 0.6 is 22.9 Å². The molecule has 0 atom stereocenters. The van der Waals surface area contributed by atoms with Gasteiger partial charge in [-0.3, -0.25) is 4.79 Å². The van der Waals surface area contributed by atoms with E-state index < -0.39 is 0 Å². The van der Waals surface area contributed by atoms with Crippen molar-refractivity contribution in [3.8, 4) is 11.3 Å². The molecule has 29 heavy (non-hydrogen) atoms. The van der Waals surface area contributed by atoms with Crippen molar-refractivity contribution in [2.24, 2.45) is 0 Å². The number of benzene rings is 3. The average Bonchev–Trinajstić information content (AvgIpc) is 3.13. The van der Waals surface area contributed by atoms with E-state index in [-0.39, 0.29) is 5.91 Å². The molecular formula is C23H18ClN3OS. The molecule has 0 aliphatic rings. The summed E-state index contributed by atoms with van der Waals surface area (Å²) in [7, 11) is 0. The van der Waals surface area contributed by atoms with Gasteiger partial charge in [-0.15, -0.1) is 0 Å². The molecule has 4 aromatic rings. The van der Waals surface area contributed by atoms with E-state index in [1.54, 1.807) is 24.3 Å². The van der Waals surface area contributed by atoms with Gasteiger partial charge in [-0.2, -0.15) is 0 Å². The van der Waals surface area contributed by atoms with Crippen LogP contribution in [0.1, 0.15) is 15.9 Å². The molecule has 0 unspecified atom stereocenters. The first-order valence-electron chi connectivity index (χ1n) is 9.06. The van der Waals surface area contributed by atoms with Crippen LogP contribution in [-0.4, -0.2) is 10.9 Å². The zero-order valence-corrected chi connectivity index (χ0v) is 17.2. The molecule has 3 aromatic carbocycles. The molecule has 0 aliphatic heterocycles. The zero-order valence-electron chi connectivity index (χ0n) is 15.6. The molecule has 0 saturated heterocycles. The van der Waals surface area contributed by atoms with Gasteiger partial charge in [0, 0.05) is 21.8 Å². The third kappa shape index (κ3) is 4.47. The van der Waals surface area contributed by atoms with Gasteiger partial charge < -0.3 is 10.6 Å². The van der Waals surface area contributed by atoms with Crippen molar-refractivity contribution in [3.63, 3.8) is 0 Å². The Bertz CT molecular complexity index is 1140. The van der Waals surface area contributed by atoms with Gasteiger partial charge in [-0.25, -0.2) is 4.98 Å². The van der Waals surface area contributed by atoms with Gasteiger partial charge in [0.05, 0.1) is 0 Å². The van der Waals surface area contributed by atoms with Gasteiger partial charge in [0.15, 0.2) is 5.13 Å². The highest BCUT2D eigenvalue weighted by atomic mass is 35.5. The lowest BCUT2D eigenvalue weighted by atomic mass is 10.1. The molecule has 144 valence electrons. The highest BCUT2D eigenvalue weighted by Crippen LogP contribution is 2.37. The molecule has 0 radical (unpaired) electrons. The predicted octanol–water partition coefficient (Wildman–Crippen LogP) is 6.77. The largest absolute Gasteiger partial charge is 0.331 e. The molecule has 1 aromatic heterocycles. The van der Waals surface area contributed by atoms with E-state index in [0.717, 1.165) is 22.5 Å². The minimum Gasteiger partial charge on any atom is -0.331 e. The lowest BCUT2D eigenvalue weighted by Gasteiger charge is -2.05. The number of halogens is 1. The van der Waals surface area contributed by atoms with Crippen LogP contribution in [0.3, 0.4) is 0 Å². The maximum atomic E-state index is 12.7. The normalized spacial score (nSPS) is 10.6. The van der Waals surface area contributed by atoms with Gasteiger partial charge in [-0.05, 0) is 42.8 Å². The molecule has 0 fully saturated rings. The van der Waals surface area contributed by atoms with Crippen LogP contribution in [0.2, 0.25) is 5.02 Å². The summed E-state index contributed by atoms with van der Waals surface area (Å²) in [6, 6.07) is 24.6. The Morgan fingerprint density at radius 1 is 0.931 bits per heavy atom. The molecule has 1 amide bonds. The monoisotopic (exact) mass is 419 g/mol. The minimum atomic E-state index is -0.204. The SMILES string of the molecule is Cc1ccccc1Nc1nc(-c2ccccc2)c(NC(=O)c2ccc(Cl)cc2)s1. The molecule has 4 rings (SSSR count). The van der Waals surface area contributed by atoms with E-state index in [9.17, 15) is 4.79 Å². The molecular weight excluding hydrogens is 402 g/mol. The van der Waals surface area contributed by atoms with Crippen molar-refractivity contribution < 1.29 is 4.79 Å². The Hall–Kier alpha value is -3.15. The van der Waals surface area contributed by atoms with Crippen molar-refractivity contribution in [1.82, 2.24) is 4.98 Å². The fourth-order valence-corrected chi connectivity index (χ4v) is 3.88. The van der Waals surface area contributed by atoms with E-state index in [0.29, 0.717) is 20.7 Å². The number of aromatic nitrogens is 1. The van der Waals surface area contributed by atoms with Crippen LogP contribution in [-0.2, 0) is 0 Å². The lowest BCUT2D eigenvalue weighted by Crippen LogP contribution is -2.11. The predicted molar refractivity (Wildman–Crippen MR) is 121 cm³/mol. The van der Waals surface area contributed by atoms with Crippen LogP contribution in [0, 0.1) is 6.92 Å². The third-order valence-corrected chi connectivity index (χ3v) is 5.53. The number of para-hydroxylation sites is 1. The average molecular weight is 420 g/mol. The Morgan fingerprint density at radius 2 is 1.62 bits per heavy atom. The van der Waals surface area contributed by atoms with Crippen molar-refractivity contribution in [2.45, 2.75) is 6.92 Å². The summed E-state index contributed by atoms with van der Waals surface area (Å²) in [5.74, 6) is -0.204. The summed E-state index contributed by atoms with van der Waals surface area (Å²) in [4.78, 5) is 17.5. The third-order valence-electron chi connectivity index (χ3n) is 4.39. The molecule has 0 bridgehead atoms. The lowest BCUT2D eigenvalue weighted by molar-refractivity contribution is 0.102. The highest BCUT2D eigenvalue weighted by molar-refractivity contribution is 7.20. The Labute approximate surface area is 178 Å². The zero-order chi connectivity index (χ0) is 20.2. The standard InChI is InChI=1S/C23H18ClN3OS/c1-15-7-5-6-10-19(15)25-23-26-20(16-8-3-2-4-9-16)22(29-23)27-21(28)17-11-13-18(24)14-12-17/h2-14H,1H3,(H,25,26)(H,27,28). The van der Waals surface area contributed by atoms with Gasteiger partial charge in [0.25, 0.3) is 5.91 Å². The number of rotatable bonds is 5.